The Balaban J connectivity index is 1.08. The number of aromatic nitrogens is 1. The van der Waals surface area contributed by atoms with Gasteiger partial charge in [-0.1, -0.05) is 104 Å². The van der Waals surface area contributed by atoms with E-state index in [9.17, 15) is 0 Å². The predicted octanol–water partition coefficient (Wildman–Crippen LogP) is 10.2. The quantitative estimate of drug-likeness (QED) is 0.213. The molecular weight excluding hydrogens is 558 g/mol. The van der Waals surface area contributed by atoms with Gasteiger partial charge in [-0.25, -0.2) is 0 Å². The van der Waals surface area contributed by atoms with Gasteiger partial charge in [0.05, 0.1) is 11.6 Å². The highest BCUT2D eigenvalue weighted by molar-refractivity contribution is 5.97. The normalized spacial score (nSPS) is 20.3. The number of benzene rings is 5. The minimum Gasteiger partial charge on any atom is -0.366 e. The molecule has 0 amide bonds. The lowest BCUT2D eigenvalue weighted by Gasteiger charge is -2.35. The molecule has 5 aromatic carbocycles. The van der Waals surface area contributed by atoms with E-state index in [1.807, 2.05) is 0 Å². The molecule has 10 rings (SSSR count). The summed E-state index contributed by atoms with van der Waals surface area (Å²) in [7, 11) is 0. The monoisotopic (exact) mass is 595 g/mol. The van der Waals surface area contributed by atoms with Crippen molar-refractivity contribution in [2.45, 2.75) is 56.1 Å². The number of nitrogens with zero attached hydrogens (tertiary/aromatic N) is 1. The van der Waals surface area contributed by atoms with Gasteiger partial charge in [-0.2, -0.15) is 0 Å². The van der Waals surface area contributed by atoms with Gasteiger partial charge in [0.1, 0.15) is 6.17 Å². The summed E-state index contributed by atoms with van der Waals surface area (Å²) in [4.78, 5) is 0. The molecule has 2 unspecified atom stereocenters. The van der Waals surface area contributed by atoms with Crippen molar-refractivity contribution in [2.75, 3.05) is 5.32 Å². The van der Waals surface area contributed by atoms with Gasteiger partial charge in [0.2, 0.25) is 0 Å². The van der Waals surface area contributed by atoms with Gasteiger partial charge in [-0.05, 0) is 107 Å². The summed E-state index contributed by atoms with van der Waals surface area (Å²) in [5.74, 6) is 0. The molecule has 1 fully saturated rings. The summed E-state index contributed by atoms with van der Waals surface area (Å²) in [5.41, 5.74) is 16.6. The minimum atomic E-state index is 0.00625. The topological polar surface area (TPSA) is 29.0 Å². The van der Waals surface area contributed by atoms with E-state index in [0.717, 1.165) is 12.8 Å². The number of rotatable bonds is 3. The van der Waals surface area contributed by atoms with E-state index in [1.54, 1.807) is 11.1 Å². The molecule has 1 saturated carbocycles. The van der Waals surface area contributed by atoms with Crippen LogP contribution in [0.1, 0.15) is 83.4 Å². The Morgan fingerprint density at radius 3 is 2.35 bits per heavy atom. The maximum Gasteiger partial charge on any atom is 0.104 e. The average molecular weight is 596 g/mol. The Kier molecular flexibility index (Phi) is 5.77. The molecule has 4 aliphatic rings. The molecule has 0 radical (unpaired) electrons. The second-order valence-electron chi connectivity index (χ2n) is 13.7. The van der Waals surface area contributed by atoms with E-state index in [1.165, 1.54) is 87.0 Å². The van der Waals surface area contributed by atoms with Gasteiger partial charge < -0.3 is 9.88 Å². The van der Waals surface area contributed by atoms with E-state index in [4.69, 9.17) is 0 Å². The highest BCUT2D eigenvalue weighted by Gasteiger charge is 2.45. The largest absolute Gasteiger partial charge is 0.366 e. The van der Waals surface area contributed by atoms with E-state index in [2.05, 4.69) is 143 Å². The van der Waals surface area contributed by atoms with Crippen molar-refractivity contribution in [3.05, 3.63) is 160 Å². The highest BCUT2D eigenvalue weighted by Crippen LogP contribution is 2.58. The Hall–Kier alpha value is -4.86. The van der Waals surface area contributed by atoms with Crippen LogP contribution in [0.4, 0.5) is 5.69 Å². The fourth-order valence-electron chi connectivity index (χ4n) is 9.22. The summed E-state index contributed by atoms with van der Waals surface area (Å²) < 4.78 is 2.52. The van der Waals surface area contributed by atoms with Crippen LogP contribution in [-0.2, 0) is 11.8 Å². The Morgan fingerprint density at radius 2 is 1.48 bits per heavy atom. The zero-order valence-electron chi connectivity index (χ0n) is 26.0. The zero-order chi connectivity index (χ0) is 30.2. The Labute approximate surface area is 270 Å². The SMILES string of the molecule is C1=Cc2c(c3cc4c(cc3n2-c2ccc(C3Nc5ccccc5C(c5ccccc5)N3)cc2)-c2ccccc2C42CCCC2)CC1. The second kappa shape index (κ2) is 10.1. The van der Waals surface area contributed by atoms with Crippen molar-refractivity contribution in [3.8, 4) is 16.8 Å². The zero-order valence-corrected chi connectivity index (χ0v) is 26.0. The van der Waals surface area contributed by atoms with Crippen molar-refractivity contribution >= 4 is 22.7 Å². The van der Waals surface area contributed by atoms with Crippen LogP contribution in [0.2, 0.25) is 0 Å². The third-order valence-electron chi connectivity index (χ3n) is 11.3. The second-order valence-corrected chi connectivity index (χ2v) is 13.7. The van der Waals surface area contributed by atoms with E-state index in [0.29, 0.717) is 0 Å². The highest BCUT2D eigenvalue weighted by atomic mass is 15.2. The molecule has 3 nitrogen and oxygen atoms in total. The van der Waals surface area contributed by atoms with Gasteiger partial charge in [-0.3, -0.25) is 5.32 Å². The molecule has 0 bridgehead atoms. The lowest BCUT2D eigenvalue weighted by atomic mass is 9.76. The molecule has 2 heterocycles. The first-order valence-corrected chi connectivity index (χ1v) is 17.0. The van der Waals surface area contributed by atoms with E-state index < -0.39 is 0 Å². The van der Waals surface area contributed by atoms with Crippen molar-refractivity contribution in [1.82, 2.24) is 9.88 Å². The van der Waals surface area contributed by atoms with Crippen LogP contribution in [0.25, 0.3) is 33.8 Å². The van der Waals surface area contributed by atoms with Crippen LogP contribution in [-0.4, -0.2) is 4.57 Å². The number of nitrogens with one attached hydrogen (secondary N) is 2. The summed E-state index contributed by atoms with van der Waals surface area (Å²) in [6, 6.07) is 43.2. The Morgan fingerprint density at radius 1 is 0.696 bits per heavy atom. The molecule has 3 heteroatoms. The predicted molar refractivity (Wildman–Crippen MR) is 190 cm³/mol. The third kappa shape index (κ3) is 3.75. The lowest BCUT2D eigenvalue weighted by molar-refractivity contribution is 0.506. The van der Waals surface area contributed by atoms with Crippen molar-refractivity contribution < 1.29 is 0 Å². The molecule has 46 heavy (non-hydrogen) atoms. The van der Waals surface area contributed by atoms with E-state index in [-0.39, 0.29) is 17.6 Å². The van der Waals surface area contributed by atoms with Gasteiger partial charge in [0.25, 0.3) is 0 Å². The Bertz CT molecular complexity index is 2160. The molecule has 2 atom stereocenters. The molecule has 1 aliphatic heterocycles. The van der Waals surface area contributed by atoms with Gasteiger partial charge in [0, 0.05) is 27.9 Å². The molecule has 0 saturated heterocycles. The van der Waals surface area contributed by atoms with Crippen molar-refractivity contribution in [3.63, 3.8) is 0 Å². The van der Waals surface area contributed by atoms with Gasteiger partial charge in [-0.15, -0.1) is 0 Å². The van der Waals surface area contributed by atoms with E-state index >= 15 is 0 Å². The summed E-state index contributed by atoms with van der Waals surface area (Å²) in [6.45, 7) is 0. The summed E-state index contributed by atoms with van der Waals surface area (Å²) >= 11 is 0. The van der Waals surface area contributed by atoms with Gasteiger partial charge in [0.15, 0.2) is 0 Å². The summed E-state index contributed by atoms with van der Waals surface area (Å²) in [5, 5.41) is 9.13. The number of allylic oxidation sites excluding steroid dienone is 1. The first-order valence-electron chi connectivity index (χ1n) is 17.0. The number of fused-ring (bicyclic) bond motifs is 9. The molecule has 224 valence electrons. The van der Waals surface area contributed by atoms with Crippen LogP contribution >= 0.6 is 0 Å². The molecule has 1 aromatic heterocycles. The first kappa shape index (κ1) is 26.4. The average Bonchev–Trinajstić information content (AvgIpc) is 3.82. The molecule has 2 N–H and O–H groups in total. The fourth-order valence-corrected chi connectivity index (χ4v) is 9.22. The molecular formula is C43H37N3. The number of hydrogen-bond acceptors (Lipinski definition) is 2. The maximum absolute atomic E-state index is 3.91. The number of anilines is 1. The van der Waals surface area contributed by atoms with Gasteiger partial charge >= 0.3 is 0 Å². The standard InChI is InChI=1S/C43H37N3/c1-2-12-28(13-3-1)41-33-16-5-8-18-38(33)44-42(45-41)29-20-22-30(23-21-29)46-39-19-9-6-15-32(39)35-26-37-34(27-40(35)46)31-14-4-7-17-36(31)43(37)24-10-11-25-43/h1-5,7-9,12-14,16-23,26-27,41-42,44-45H,6,10-11,15,24-25H2. The van der Waals surface area contributed by atoms with Crippen LogP contribution in [0.15, 0.2) is 121 Å². The summed E-state index contributed by atoms with van der Waals surface area (Å²) in [6.07, 6.45) is 12.1. The van der Waals surface area contributed by atoms with Crippen LogP contribution < -0.4 is 10.6 Å². The number of para-hydroxylation sites is 1. The van der Waals surface area contributed by atoms with Crippen LogP contribution in [0.5, 0.6) is 0 Å². The maximum atomic E-state index is 3.91. The minimum absolute atomic E-state index is 0.00625. The van der Waals surface area contributed by atoms with Crippen molar-refractivity contribution in [1.29, 1.82) is 0 Å². The molecule has 1 spiro atoms. The van der Waals surface area contributed by atoms with Crippen LogP contribution in [0.3, 0.4) is 0 Å². The number of hydrogen-bond donors (Lipinski definition) is 2. The number of aryl methyl sites for hydroxylation is 1. The molecule has 3 aliphatic carbocycles. The smallest absolute Gasteiger partial charge is 0.104 e. The molecule has 6 aromatic rings. The van der Waals surface area contributed by atoms with Crippen molar-refractivity contribution in [2.24, 2.45) is 0 Å². The first-order chi connectivity index (χ1) is 22.8. The lowest BCUT2D eigenvalue weighted by Crippen LogP contribution is -2.37. The third-order valence-corrected chi connectivity index (χ3v) is 11.3. The fraction of sp³-hybridized carbons (Fsp3) is 0.209. The van der Waals surface area contributed by atoms with Crippen LogP contribution in [0, 0.1) is 0 Å².